The molecule has 130 valence electrons. The number of aromatic amines is 1. The van der Waals surface area contributed by atoms with E-state index in [0.29, 0.717) is 12.1 Å². The summed E-state index contributed by atoms with van der Waals surface area (Å²) in [5.41, 5.74) is 1.28. The zero-order valence-corrected chi connectivity index (χ0v) is 14.1. The van der Waals surface area contributed by atoms with Crippen molar-refractivity contribution in [1.82, 2.24) is 15.2 Å². The monoisotopic (exact) mass is 350 g/mol. The Morgan fingerprint density at radius 3 is 2.75 bits per heavy atom. The maximum Gasteiger partial charge on any atom is 0.292 e. The summed E-state index contributed by atoms with van der Waals surface area (Å²) in [6.07, 6.45) is 2.42. The molecule has 2 N–H and O–H groups in total. The first-order valence-corrected chi connectivity index (χ1v) is 7.94. The summed E-state index contributed by atoms with van der Waals surface area (Å²) in [5.74, 6) is -1.04. The number of nitrogens with zero attached hydrogens (tertiary/aromatic N) is 1. The number of benzene rings is 1. The predicted octanol–water partition coefficient (Wildman–Crippen LogP) is -1.81. The Morgan fingerprint density at radius 1 is 1.21 bits per heavy atom. The molecular formula is C17H21ClN3O3-. The summed E-state index contributed by atoms with van der Waals surface area (Å²) in [6.45, 7) is 4.82. The second-order valence-corrected chi connectivity index (χ2v) is 5.64. The third kappa shape index (κ3) is 4.35. The van der Waals surface area contributed by atoms with Gasteiger partial charge in [-0.15, -0.1) is 0 Å². The molecule has 1 aliphatic rings. The summed E-state index contributed by atoms with van der Waals surface area (Å²) in [6, 6.07) is 7.46. The van der Waals surface area contributed by atoms with Crippen LogP contribution in [0.2, 0.25) is 0 Å². The summed E-state index contributed by atoms with van der Waals surface area (Å²) in [7, 11) is 0. The van der Waals surface area contributed by atoms with E-state index < -0.39 is 11.7 Å². The molecule has 7 heteroatoms. The highest BCUT2D eigenvalue weighted by molar-refractivity contribution is 6.44. The van der Waals surface area contributed by atoms with Gasteiger partial charge in [-0.05, 0) is 19.0 Å². The van der Waals surface area contributed by atoms with E-state index in [0.717, 1.165) is 50.2 Å². The zero-order chi connectivity index (χ0) is 16.1. The van der Waals surface area contributed by atoms with Crippen molar-refractivity contribution in [3.63, 3.8) is 0 Å². The van der Waals surface area contributed by atoms with Crippen LogP contribution >= 0.6 is 0 Å². The lowest BCUT2D eigenvalue weighted by atomic mass is 10.1. The predicted molar refractivity (Wildman–Crippen MR) is 87.5 cm³/mol. The smallest absolute Gasteiger partial charge is 0.292 e. The molecule has 0 radical (unpaired) electrons. The molecule has 3 rings (SSSR count). The van der Waals surface area contributed by atoms with Gasteiger partial charge in [0, 0.05) is 36.7 Å². The minimum absolute atomic E-state index is 0. The van der Waals surface area contributed by atoms with Crippen LogP contribution in [0.4, 0.5) is 0 Å². The lowest BCUT2D eigenvalue weighted by Gasteiger charge is -2.26. The lowest BCUT2D eigenvalue weighted by Crippen LogP contribution is -3.00. The van der Waals surface area contributed by atoms with Crippen LogP contribution in [0.3, 0.4) is 0 Å². The van der Waals surface area contributed by atoms with Gasteiger partial charge < -0.3 is 27.4 Å². The number of carbonyl (C=O) groups excluding carboxylic acids is 2. The Labute approximate surface area is 147 Å². The van der Waals surface area contributed by atoms with E-state index in [1.54, 1.807) is 6.20 Å². The number of halogens is 1. The number of morpholine rings is 1. The number of ether oxygens (including phenoxy) is 1. The van der Waals surface area contributed by atoms with Gasteiger partial charge in [0.05, 0.1) is 18.8 Å². The molecule has 1 aromatic heterocycles. The van der Waals surface area contributed by atoms with Gasteiger partial charge >= 0.3 is 0 Å². The van der Waals surface area contributed by atoms with Crippen molar-refractivity contribution < 1.29 is 26.7 Å². The van der Waals surface area contributed by atoms with Gasteiger partial charge in [0.25, 0.3) is 11.7 Å². The van der Waals surface area contributed by atoms with E-state index in [1.807, 2.05) is 24.3 Å². The Kier molecular flexibility index (Phi) is 6.78. The fourth-order valence-electron chi connectivity index (χ4n) is 2.79. The molecule has 1 aliphatic heterocycles. The molecule has 2 heterocycles. The molecule has 24 heavy (non-hydrogen) atoms. The van der Waals surface area contributed by atoms with Gasteiger partial charge in [-0.2, -0.15) is 0 Å². The molecule has 0 bridgehead atoms. The quantitative estimate of drug-likeness (QED) is 0.366. The fourth-order valence-corrected chi connectivity index (χ4v) is 2.79. The molecule has 1 fully saturated rings. The lowest BCUT2D eigenvalue weighted by molar-refractivity contribution is -0.117. The molecule has 0 saturated carbocycles. The number of para-hydroxylation sites is 1. The van der Waals surface area contributed by atoms with Gasteiger partial charge in [0.1, 0.15) is 0 Å². The molecule has 1 amide bonds. The number of nitrogens with one attached hydrogen (secondary N) is 2. The van der Waals surface area contributed by atoms with Gasteiger partial charge in [0.2, 0.25) is 0 Å². The van der Waals surface area contributed by atoms with E-state index in [9.17, 15) is 9.59 Å². The minimum atomic E-state index is -0.545. The van der Waals surface area contributed by atoms with Crippen molar-refractivity contribution in [2.45, 2.75) is 6.42 Å². The second kappa shape index (κ2) is 8.82. The second-order valence-electron chi connectivity index (χ2n) is 5.64. The van der Waals surface area contributed by atoms with Gasteiger partial charge in [-0.1, -0.05) is 18.2 Å². The van der Waals surface area contributed by atoms with E-state index in [4.69, 9.17) is 4.74 Å². The highest BCUT2D eigenvalue weighted by Gasteiger charge is 2.19. The SMILES string of the molecule is O=C(NCCCN1CCOCC1)C(=O)c1c[nH]c2ccccc12.[Cl-]. The maximum absolute atomic E-state index is 12.3. The normalized spacial score (nSPS) is 15.0. The van der Waals surface area contributed by atoms with Crippen molar-refractivity contribution in [2.75, 3.05) is 39.4 Å². The van der Waals surface area contributed by atoms with Crippen LogP contribution in [0.5, 0.6) is 0 Å². The summed E-state index contributed by atoms with van der Waals surface area (Å²) in [5, 5.41) is 3.49. The number of H-pyrrole nitrogens is 1. The topological polar surface area (TPSA) is 74.4 Å². The van der Waals surface area contributed by atoms with Crippen LogP contribution < -0.4 is 17.7 Å². The third-order valence-electron chi connectivity index (χ3n) is 4.08. The van der Waals surface area contributed by atoms with E-state index >= 15 is 0 Å². The van der Waals surface area contributed by atoms with Crippen molar-refractivity contribution in [1.29, 1.82) is 0 Å². The van der Waals surface area contributed by atoms with E-state index in [-0.39, 0.29) is 12.4 Å². The third-order valence-corrected chi connectivity index (χ3v) is 4.08. The molecule has 2 aromatic rings. The number of Topliss-reactive ketones (excluding diaryl/α,β-unsaturated/α-hetero) is 1. The molecule has 0 unspecified atom stereocenters. The first kappa shape index (κ1) is 18.4. The molecule has 1 saturated heterocycles. The van der Waals surface area contributed by atoms with Crippen LogP contribution in [0.15, 0.2) is 30.5 Å². The fraction of sp³-hybridized carbons (Fsp3) is 0.412. The first-order chi connectivity index (χ1) is 11.3. The average molecular weight is 351 g/mol. The highest BCUT2D eigenvalue weighted by Crippen LogP contribution is 2.18. The van der Waals surface area contributed by atoms with Crippen molar-refractivity contribution >= 4 is 22.6 Å². The molecule has 6 nitrogen and oxygen atoms in total. The largest absolute Gasteiger partial charge is 1.00 e. The van der Waals surface area contributed by atoms with Gasteiger partial charge in [-0.3, -0.25) is 14.5 Å². The maximum atomic E-state index is 12.3. The van der Waals surface area contributed by atoms with Crippen LogP contribution in [-0.4, -0.2) is 61.0 Å². The standard InChI is InChI=1S/C17H21N3O3.ClH/c21-16(14-12-19-15-5-2-1-4-13(14)15)17(22)18-6-3-7-20-8-10-23-11-9-20;/h1-2,4-5,12,19H,3,6-11H2,(H,18,22);1H/p-1. The van der Waals surface area contributed by atoms with Crippen LogP contribution in [-0.2, 0) is 9.53 Å². The molecule has 0 atom stereocenters. The first-order valence-electron chi connectivity index (χ1n) is 7.94. The minimum Gasteiger partial charge on any atom is -1.00 e. The van der Waals surface area contributed by atoms with Crippen molar-refractivity contribution in [3.8, 4) is 0 Å². The number of aromatic nitrogens is 1. The molecule has 1 aromatic carbocycles. The number of fused-ring (bicyclic) bond motifs is 1. The molecule has 0 spiro atoms. The summed E-state index contributed by atoms with van der Waals surface area (Å²) >= 11 is 0. The highest BCUT2D eigenvalue weighted by atomic mass is 35.5. The van der Waals surface area contributed by atoms with E-state index in [2.05, 4.69) is 15.2 Å². The Hall–Kier alpha value is -1.89. The average Bonchev–Trinajstić information content (AvgIpc) is 3.03. The summed E-state index contributed by atoms with van der Waals surface area (Å²) < 4.78 is 5.29. The number of rotatable bonds is 6. The van der Waals surface area contributed by atoms with Gasteiger partial charge in [0.15, 0.2) is 0 Å². The Balaban J connectivity index is 0.00000208. The Bertz CT molecular complexity index is 695. The molecular weight excluding hydrogens is 330 g/mol. The number of hydrogen-bond donors (Lipinski definition) is 2. The number of hydrogen-bond acceptors (Lipinski definition) is 4. The van der Waals surface area contributed by atoms with Gasteiger partial charge in [-0.25, -0.2) is 0 Å². The van der Waals surface area contributed by atoms with Crippen LogP contribution in [0.1, 0.15) is 16.8 Å². The van der Waals surface area contributed by atoms with Crippen LogP contribution in [0.25, 0.3) is 10.9 Å². The Morgan fingerprint density at radius 2 is 1.96 bits per heavy atom. The van der Waals surface area contributed by atoms with Crippen LogP contribution in [0, 0.1) is 0 Å². The van der Waals surface area contributed by atoms with Crippen molar-refractivity contribution in [2.24, 2.45) is 0 Å². The molecule has 0 aliphatic carbocycles. The summed E-state index contributed by atoms with van der Waals surface area (Å²) in [4.78, 5) is 29.6. The number of carbonyl (C=O) groups is 2. The van der Waals surface area contributed by atoms with Crippen molar-refractivity contribution in [3.05, 3.63) is 36.0 Å². The number of amides is 1. The zero-order valence-electron chi connectivity index (χ0n) is 13.4. The number of ketones is 1. The van der Waals surface area contributed by atoms with E-state index in [1.165, 1.54) is 0 Å².